The zero-order chi connectivity index (χ0) is 67.3. The van der Waals surface area contributed by atoms with Crippen LogP contribution >= 0.6 is 15.6 Å². The molecular weight excluding hydrogens is 1200 g/mol. The summed E-state index contributed by atoms with van der Waals surface area (Å²) in [6.07, 6.45) is 47.6. The van der Waals surface area contributed by atoms with Crippen LogP contribution in [-0.4, -0.2) is 96.7 Å². The molecule has 0 amide bonds. The van der Waals surface area contributed by atoms with Gasteiger partial charge in [0.1, 0.15) is 19.3 Å². The number of aliphatic hydroxyl groups is 1. The fourth-order valence-corrected chi connectivity index (χ4v) is 12.5. The summed E-state index contributed by atoms with van der Waals surface area (Å²) in [5.41, 5.74) is 0. The molecule has 0 aromatic carbocycles. The Morgan fingerprint density at radius 3 is 0.747 bits per heavy atom. The number of rotatable bonds is 70. The molecule has 0 radical (unpaired) electrons. The Kier molecular flexibility index (Phi) is 61.5. The molecule has 0 aliphatic heterocycles. The fraction of sp³-hybridized carbons (Fsp3) is 0.944. The number of phosphoric acid groups is 2. The monoisotopic (exact) mass is 1340 g/mol. The van der Waals surface area contributed by atoms with Crippen molar-refractivity contribution in [2.45, 2.75) is 381 Å². The van der Waals surface area contributed by atoms with Gasteiger partial charge in [-0.1, -0.05) is 312 Å². The molecule has 3 N–H and O–H groups in total. The highest BCUT2D eigenvalue weighted by molar-refractivity contribution is 7.47. The molecule has 540 valence electrons. The lowest BCUT2D eigenvalue weighted by atomic mass is 10.0. The van der Waals surface area contributed by atoms with Gasteiger partial charge in [0.25, 0.3) is 0 Å². The van der Waals surface area contributed by atoms with Crippen LogP contribution < -0.4 is 0 Å². The molecular formula is C72H140O17P2. The zero-order valence-corrected chi connectivity index (χ0v) is 61.1. The minimum absolute atomic E-state index is 0.101. The Bertz CT molecular complexity index is 1780. The molecule has 2 unspecified atom stereocenters. The molecule has 0 fully saturated rings. The van der Waals surface area contributed by atoms with Crippen molar-refractivity contribution < 1.29 is 80.2 Å². The predicted molar refractivity (Wildman–Crippen MR) is 368 cm³/mol. The van der Waals surface area contributed by atoms with Crippen LogP contribution in [0, 0.1) is 17.8 Å². The zero-order valence-electron chi connectivity index (χ0n) is 59.3. The lowest BCUT2D eigenvalue weighted by Gasteiger charge is -2.21. The molecule has 0 spiro atoms. The van der Waals surface area contributed by atoms with Crippen molar-refractivity contribution in [1.82, 2.24) is 0 Å². The maximum Gasteiger partial charge on any atom is 0.472 e. The lowest BCUT2D eigenvalue weighted by molar-refractivity contribution is -0.161. The SMILES string of the molecule is CCCCCCCCCCCCCCCCCCC(=O)OC[C@H](COP(=O)(O)OC[C@@H](O)COP(=O)(O)OC[C@@H](COC(=O)CCCCCCCCC(C)C)OC(=O)CCCCCCCCC(C)C)OC(=O)CCCCCCCCCCCCCCCCC(C)C. The fourth-order valence-electron chi connectivity index (χ4n) is 10.9. The van der Waals surface area contributed by atoms with Gasteiger partial charge in [0.2, 0.25) is 0 Å². The van der Waals surface area contributed by atoms with Crippen molar-refractivity contribution in [2.75, 3.05) is 39.6 Å². The lowest BCUT2D eigenvalue weighted by Crippen LogP contribution is -2.30. The third kappa shape index (κ3) is 66.5. The molecule has 0 bridgehead atoms. The number of ether oxygens (including phenoxy) is 4. The van der Waals surface area contributed by atoms with E-state index in [-0.39, 0.29) is 25.7 Å². The number of carbonyl (C=O) groups is 4. The molecule has 0 saturated carbocycles. The van der Waals surface area contributed by atoms with Gasteiger partial charge >= 0.3 is 39.5 Å². The van der Waals surface area contributed by atoms with Gasteiger partial charge in [0.15, 0.2) is 12.2 Å². The Labute approximate surface area is 556 Å². The van der Waals surface area contributed by atoms with Crippen molar-refractivity contribution >= 4 is 39.5 Å². The summed E-state index contributed by atoms with van der Waals surface area (Å²) in [6.45, 7) is 11.7. The molecule has 91 heavy (non-hydrogen) atoms. The van der Waals surface area contributed by atoms with Crippen molar-refractivity contribution in [3.63, 3.8) is 0 Å². The summed E-state index contributed by atoms with van der Waals surface area (Å²) in [6, 6.07) is 0. The third-order valence-electron chi connectivity index (χ3n) is 16.6. The van der Waals surface area contributed by atoms with E-state index in [9.17, 15) is 43.2 Å². The molecule has 0 heterocycles. The topological polar surface area (TPSA) is 237 Å². The summed E-state index contributed by atoms with van der Waals surface area (Å²) in [5.74, 6) is 0.0144. The van der Waals surface area contributed by atoms with Crippen LogP contribution in [0.5, 0.6) is 0 Å². The van der Waals surface area contributed by atoms with Crippen LogP contribution in [0.1, 0.15) is 363 Å². The summed E-state index contributed by atoms with van der Waals surface area (Å²) in [5, 5.41) is 10.6. The van der Waals surface area contributed by atoms with Gasteiger partial charge in [-0.25, -0.2) is 9.13 Å². The van der Waals surface area contributed by atoms with Crippen LogP contribution in [0.3, 0.4) is 0 Å². The van der Waals surface area contributed by atoms with Gasteiger partial charge in [-0.15, -0.1) is 0 Å². The van der Waals surface area contributed by atoms with Gasteiger partial charge in [0, 0.05) is 25.7 Å². The Morgan fingerprint density at radius 2 is 0.505 bits per heavy atom. The molecule has 19 heteroatoms. The van der Waals surface area contributed by atoms with Gasteiger partial charge in [-0.2, -0.15) is 0 Å². The smallest absolute Gasteiger partial charge is 0.462 e. The van der Waals surface area contributed by atoms with E-state index >= 15 is 0 Å². The molecule has 0 rings (SSSR count). The maximum absolute atomic E-state index is 13.0. The standard InChI is InChI=1S/C72H140O17P2/c1-8-9-10-11-12-13-14-15-16-17-21-24-27-30-39-46-53-69(74)82-59-67(88-71(76)55-48-41-31-28-25-22-19-18-20-23-26-29-36-43-50-63(2)3)61-86-90(78,79)84-57-66(73)58-85-91(80,81)87-62-68(89-72(77)56-49-42-35-33-38-45-52-65(6)7)60-83-70(75)54-47-40-34-32-37-44-51-64(4)5/h63-68,73H,8-62H2,1-7H3,(H,78,79)(H,80,81)/t66-,67-,68-/m1/s1. The van der Waals surface area contributed by atoms with Gasteiger partial charge < -0.3 is 33.8 Å². The predicted octanol–water partition coefficient (Wildman–Crippen LogP) is 20.6. The van der Waals surface area contributed by atoms with Crippen LogP contribution in [-0.2, 0) is 65.4 Å². The highest BCUT2D eigenvalue weighted by atomic mass is 31.2. The molecule has 5 atom stereocenters. The van der Waals surface area contributed by atoms with E-state index in [2.05, 4.69) is 48.5 Å². The second-order valence-corrected chi connectivity index (χ2v) is 30.3. The van der Waals surface area contributed by atoms with Crippen LogP contribution in [0.25, 0.3) is 0 Å². The second kappa shape index (κ2) is 62.8. The summed E-state index contributed by atoms with van der Waals surface area (Å²) < 4.78 is 68.3. The van der Waals surface area contributed by atoms with Crippen LogP contribution in [0.15, 0.2) is 0 Å². The Morgan fingerprint density at radius 1 is 0.297 bits per heavy atom. The molecule has 0 saturated heterocycles. The Hall–Kier alpha value is -1.94. The Balaban J connectivity index is 5.21. The quantitative estimate of drug-likeness (QED) is 0.0222. The number of aliphatic hydroxyl groups excluding tert-OH is 1. The van der Waals surface area contributed by atoms with Crippen molar-refractivity contribution in [2.24, 2.45) is 17.8 Å². The number of hydrogen-bond donors (Lipinski definition) is 3. The normalized spacial score (nSPS) is 14.2. The average Bonchev–Trinajstić information content (AvgIpc) is 2.49. The number of carbonyl (C=O) groups excluding carboxylic acids is 4. The number of phosphoric ester groups is 2. The van der Waals surface area contributed by atoms with Gasteiger partial charge in [-0.05, 0) is 43.4 Å². The molecule has 0 aliphatic rings. The van der Waals surface area contributed by atoms with Gasteiger partial charge in [0.05, 0.1) is 26.4 Å². The van der Waals surface area contributed by atoms with E-state index in [1.165, 1.54) is 167 Å². The number of hydrogen-bond acceptors (Lipinski definition) is 15. The van der Waals surface area contributed by atoms with E-state index in [4.69, 9.17) is 37.0 Å². The molecule has 17 nitrogen and oxygen atoms in total. The number of unbranched alkanes of at least 4 members (excludes halogenated alkanes) is 38. The van der Waals surface area contributed by atoms with Gasteiger partial charge in [-0.3, -0.25) is 37.3 Å². The molecule has 0 aromatic heterocycles. The maximum atomic E-state index is 13.0. The second-order valence-electron chi connectivity index (χ2n) is 27.4. The first kappa shape index (κ1) is 89.1. The van der Waals surface area contributed by atoms with Crippen LogP contribution in [0.4, 0.5) is 0 Å². The highest BCUT2D eigenvalue weighted by Crippen LogP contribution is 2.45. The van der Waals surface area contributed by atoms with E-state index in [0.29, 0.717) is 37.5 Å². The highest BCUT2D eigenvalue weighted by Gasteiger charge is 2.30. The van der Waals surface area contributed by atoms with Crippen molar-refractivity contribution in [3.8, 4) is 0 Å². The van der Waals surface area contributed by atoms with Crippen LogP contribution in [0.2, 0.25) is 0 Å². The first-order chi connectivity index (χ1) is 43.7. The minimum Gasteiger partial charge on any atom is -0.462 e. The van der Waals surface area contributed by atoms with E-state index in [0.717, 1.165) is 102 Å². The van der Waals surface area contributed by atoms with Crippen molar-refractivity contribution in [3.05, 3.63) is 0 Å². The molecule has 0 aromatic rings. The largest absolute Gasteiger partial charge is 0.472 e. The summed E-state index contributed by atoms with van der Waals surface area (Å²) >= 11 is 0. The minimum atomic E-state index is -4.95. The van der Waals surface area contributed by atoms with Crippen molar-refractivity contribution in [1.29, 1.82) is 0 Å². The number of esters is 4. The van der Waals surface area contributed by atoms with E-state index in [1.54, 1.807) is 0 Å². The summed E-state index contributed by atoms with van der Waals surface area (Å²) in [7, 11) is -9.90. The first-order valence-electron chi connectivity index (χ1n) is 37.3. The third-order valence-corrected chi connectivity index (χ3v) is 18.5. The first-order valence-corrected chi connectivity index (χ1v) is 40.3. The van der Waals surface area contributed by atoms with E-state index in [1.807, 2.05) is 0 Å². The average molecular weight is 1340 g/mol. The van der Waals surface area contributed by atoms with E-state index < -0.39 is 97.5 Å². The summed E-state index contributed by atoms with van der Waals surface area (Å²) in [4.78, 5) is 72.5. The molecule has 0 aliphatic carbocycles.